The van der Waals surface area contributed by atoms with Gasteiger partial charge in [0.25, 0.3) is 0 Å². The average Bonchev–Trinajstić information content (AvgIpc) is 3.24. The molecule has 1 saturated heterocycles. The Kier molecular flexibility index (Phi) is 8.57. The molecule has 0 saturated carbocycles. The van der Waals surface area contributed by atoms with E-state index in [0.29, 0.717) is 5.69 Å². The van der Waals surface area contributed by atoms with Gasteiger partial charge in [0.15, 0.2) is 24.5 Å². The van der Waals surface area contributed by atoms with Gasteiger partial charge in [-0.15, -0.1) is 5.10 Å². The molecular weight excluding hydrogens is 530 g/mol. The van der Waals surface area contributed by atoms with Crippen LogP contribution in [0, 0.1) is 0 Å². The van der Waals surface area contributed by atoms with Crippen LogP contribution in [0.5, 0.6) is 0 Å². The van der Waals surface area contributed by atoms with Crippen molar-refractivity contribution in [2.75, 3.05) is 6.61 Å². The Balaban J connectivity index is 2.03. The zero-order chi connectivity index (χ0) is 25.7. The van der Waals surface area contributed by atoms with Gasteiger partial charge in [-0.3, -0.25) is 19.2 Å². The zero-order valence-electron chi connectivity index (χ0n) is 19.4. The molecule has 35 heavy (non-hydrogen) atoms. The Morgan fingerprint density at radius 1 is 0.886 bits per heavy atom. The number of carbonyl (C=O) groups excluding carboxylic acids is 4. The molecule has 0 N–H and O–H groups in total. The third kappa shape index (κ3) is 6.85. The number of hydrogen-bond donors (Lipinski definition) is 0. The molecule has 0 aliphatic carbocycles. The standard InChI is InChI=1S/C22H24BrN3O9/c1-11(27)31-10-18-19(32-12(2)28)20(33-13(3)29)21(34-14(4)30)22(35-18)26-9-17(24-25-26)15-5-7-16(23)8-6-15/h5-9,18-22H,10H2,1-4H3/t18-,19+,20+,21-,22-/m1/s1. The van der Waals surface area contributed by atoms with E-state index in [-0.39, 0.29) is 6.61 Å². The summed E-state index contributed by atoms with van der Waals surface area (Å²) in [6.45, 7) is 4.35. The van der Waals surface area contributed by atoms with Crippen molar-refractivity contribution in [1.29, 1.82) is 0 Å². The molecule has 1 aromatic carbocycles. The van der Waals surface area contributed by atoms with Gasteiger partial charge in [0, 0.05) is 37.7 Å². The van der Waals surface area contributed by atoms with Crippen LogP contribution in [0.3, 0.4) is 0 Å². The first-order chi connectivity index (χ1) is 16.5. The highest BCUT2D eigenvalue weighted by Gasteiger charge is 2.53. The van der Waals surface area contributed by atoms with Gasteiger partial charge in [-0.25, -0.2) is 4.68 Å². The van der Waals surface area contributed by atoms with E-state index in [1.807, 2.05) is 24.3 Å². The lowest BCUT2D eigenvalue weighted by molar-refractivity contribution is -0.270. The lowest BCUT2D eigenvalue weighted by atomic mass is 9.97. The Hall–Kier alpha value is -3.32. The Labute approximate surface area is 208 Å². The molecule has 2 heterocycles. The molecule has 188 valence electrons. The maximum atomic E-state index is 12.0. The van der Waals surface area contributed by atoms with Gasteiger partial charge in [-0.05, 0) is 12.1 Å². The predicted molar refractivity (Wildman–Crippen MR) is 120 cm³/mol. The molecule has 1 aromatic heterocycles. The molecule has 13 heteroatoms. The Morgan fingerprint density at radius 3 is 2.03 bits per heavy atom. The second kappa shape index (κ2) is 11.4. The minimum atomic E-state index is -1.29. The second-order valence-corrected chi connectivity index (χ2v) is 8.60. The molecular formula is C22H24BrN3O9. The van der Waals surface area contributed by atoms with E-state index in [1.54, 1.807) is 6.20 Å². The van der Waals surface area contributed by atoms with Crippen LogP contribution in [-0.4, -0.2) is 69.9 Å². The summed E-state index contributed by atoms with van der Waals surface area (Å²) in [6, 6.07) is 7.32. The van der Waals surface area contributed by atoms with Crippen molar-refractivity contribution >= 4 is 39.8 Å². The lowest BCUT2D eigenvalue weighted by Gasteiger charge is -2.44. The van der Waals surface area contributed by atoms with Crippen molar-refractivity contribution in [3.8, 4) is 11.3 Å². The highest BCUT2D eigenvalue weighted by Crippen LogP contribution is 2.35. The Bertz CT molecular complexity index is 1090. The van der Waals surface area contributed by atoms with E-state index in [9.17, 15) is 19.2 Å². The summed E-state index contributed by atoms with van der Waals surface area (Å²) in [4.78, 5) is 47.2. The predicted octanol–water partition coefficient (Wildman–Crippen LogP) is 1.96. The fourth-order valence-electron chi connectivity index (χ4n) is 3.57. The molecule has 0 spiro atoms. The smallest absolute Gasteiger partial charge is 0.303 e. The first kappa shape index (κ1) is 26.3. The summed E-state index contributed by atoms with van der Waals surface area (Å²) in [5, 5.41) is 8.26. The number of rotatable bonds is 7. The number of ether oxygens (including phenoxy) is 5. The van der Waals surface area contributed by atoms with Crippen molar-refractivity contribution in [1.82, 2.24) is 15.0 Å². The fourth-order valence-corrected chi connectivity index (χ4v) is 3.84. The van der Waals surface area contributed by atoms with E-state index in [0.717, 1.165) is 23.9 Å². The van der Waals surface area contributed by atoms with Crippen molar-refractivity contribution in [2.45, 2.75) is 58.3 Å². The van der Waals surface area contributed by atoms with Gasteiger partial charge in [0.05, 0.1) is 6.20 Å². The second-order valence-electron chi connectivity index (χ2n) is 7.68. The molecule has 5 atom stereocenters. The van der Waals surface area contributed by atoms with Gasteiger partial charge in [0.1, 0.15) is 18.4 Å². The highest BCUT2D eigenvalue weighted by atomic mass is 79.9. The van der Waals surface area contributed by atoms with E-state index < -0.39 is 54.5 Å². The van der Waals surface area contributed by atoms with Gasteiger partial charge in [-0.2, -0.15) is 0 Å². The van der Waals surface area contributed by atoms with Crippen molar-refractivity contribution < 1.29 is 42.9 Å². The van der Waals surface area contributed by atoms with Gasteiger partial charge in [0.2, 0.25) is 0 Å². The van der Waals surface area contributed by atoms with Crippen LogP contribution >= 0.6 is 15.9 Å². The molecule has 1 aliphatic rings. The molecule has 0 unspecified atom stereocenters. The van der Waals surface area contributed by atoms with Crippen LogP contribution in [0.15, 0.2) is 34.9 Å². The average molecular weight is 554 g/mol. The summed E-state index contributed by atoms with van der Waals surface area (Å²) >= 11 is 3.37. The number of hydrogen-bond acceptors (Lipinski definition) is 11. The first-order valence-corrected chi connectivity index (χ1v) is 11.3. The molecule has 0 bridgehead atoms. The molecule has 1 fully saturated rings. The van der Waals surface area contributed by atoms with E-state index in [4.69, 9.17) is 23.7 Å². The minimum Gasteiger partial charge on any atom is -0.463 e. The number of aromatic nitrogens is 3. The van der Waals surface area contributed by atoms with E-state index in [1.165, 1.54) is 18.5 Å². The number of nitrogens with zero attached hydrogens (tertiary/aromatic N) is 3. The lowest BCUT2D eigenvalue weighted by Crippen LogP contribution is -2.60. The number of benzene rings is 1. The largest absolute Gasteiger partial charge is 0.463 e. The molecule has 12 nitrogen and oxygen atoms in total. The first-order valence-electron chi connectivity index (χ1n) is 10.5. The van der Waals surface area contributed by atoms with Crippen molar-refractivity contribution in [3.63, 3.8) is 0 Å². The van der Waals surface area contributed by atoms with Crippen LogP contribution in [0.25, 0.3) is 11.3 Å². The van der Waals surface area contributed by atoms with Gasteiger partial charge < -0.3 is 23.7 Å². The maximum absolute atomic E-state index is 12.0. The number of esters is 4. The monoisotopic (exact) mass is 553 g/mol. The summed E-state index contributed by atoms with van der Waals surface area (Å²) in [5.74, 6) is -2.72. The van der Waals surface area contributed by atoms with Crippen LogP contribution in [-0.2, 0) is 42.9 Å². The molecule has 1 aliphatic heterocycles. The quantitative estimate of drug-likeness (QED) is 0.366. The Morgan fingerprint density at radius 2 is 1.46 bits per heavy atom. The van der Waals surface area contributed by atoms with Crippen LogP contribution in [0.2, 0.25) is 0 Å². The highest BCUT2D eigenvalue weighted by molar-refractivity contribution is 9.10. The summed E-state index contributed by atoms with van der Waals surface area (Å²) < 4.78 is 29.6. The third-order valence-electron chi connectivity index (χ3n) is 4.88. The van der Waals surface area contributed by atoms with Crippen LogP contribution < -0.4 is 0 Å². The molecule has 3 rings (SSSR count). The third-order valence-corrected chi connectivity index (χ3v) is 5.41. The normalized spacial score (nSPS) is 23.7. The van der Waals surface area contributed by atoms with E-state index in [2.05, 4.69) is 26.2 Å². The van der Waals surface area contributed by atoms with E-state index >= 15 is 0 Å². The van der Waals surface area contributed by atoms with Crippen LogP contribution in [0.1, 0.15) is 33.9 Å². The summed E-state index contributed by atoms with van der Waals surface area (Å²) in [7, 11) is 0. The fraction of sp³-hybridized carbons (Fsp3) is 0.455. The van der Waals surface area contributed by atoms with Gasteiger partial charge >= 0.3 is 23.9 Å². The van der Waals surface area contributed by atoms with Crippen molar-refractivity contribution in [3.05, 3.63) is 34.9 Å². The molecule has 0 radical (unpaired) electrons. The zero-order valence-corrected chi connectivity index (χ0v) is 21.0. The number of halogens is 1. The summed E-state index contributed by atoms with van der Waals surface area (Å²) in [6.07, 6.45) is -4.49. The molecule has 2 aromatic rings. The maximum Gasteiger partial charge on any atom is 0.303 e. The molecule has 0 amide bonds. The minimum absolute atomic E-state index is 0.331. The number of carbonyl (C=O) groups is 4. The van der Waals surface area contributed by atoms with Crippen LogP contribution in [0.4, 0.5) is 0 Å². The summed E-state index contributed by atoms with van der Waals surface area (Å²) in [5.41, 5.74) is 1.25. The topological polar surface area (TPSA) is 145 Å². The SMILES string of the molecule is CC(=O)OC[C@H]1O[C@@H](n2cc(-c3ccc(Br)cc3)nn2)[C@H](OC(C)=O)[C@@H](OC(C)=O)[C@H]1OC(C)=O. The van der Waals surface area contributed by atoms with Crippen molar-refractivity contribution in [2.24, 2.45) is 0 Å². The van der Waals surface area contributed by atoms with Gasteiger partial charge in [-0.1, -0.05) is 33.3 Å².